The zero-order valence-corrected chi connectivity index (χ0v) is 15.7. The Morgan fingerprint density at radius 2 is 1.96 bits per heavy atom. The van der Waals surface area contributed by atoms with Gasteiger partial charge >= 0.3 is 0 Å². The molecule has 1 aliphatic heterocycles. The van der Waals surface area contributed by atoms with Gasteiger partial charge in [0, 0.05) is 10.6 Å². The number of hydrogen-bond donors (Lipinski definition) is 1. The molecule has 3 heterocycles. The second kappa shape index (κ2) is 5.96. The molecule has 2 aromatic heterocycles. The van der Waals surface area contributed by atoms with Crippen LogP contribution >= 0.6 is 11.3 Å². The lowest BCUT2D eigenvalue weighted by Crippen LogP contribution is -2.16. The van der Waals surface area contributed by atoms with E-state index >= 15 is 0 Å². The molecule has 1 fully saturated rings. The molecule has 0 spiro atoms. The quantitative estimate of drug-likeness (QED) is 0.896. The first-order valence-electron chi connectivity index (χ1n) is 7.69. The predicted octanol–water partition coefficient (Wildman–Crippen LogP) is 2.19. The van der Waals surface area contributed by atoms with Crippen molar-refractivity contribution in [3.05, 3.63) is 27.5 Å². The van der Waals surface area contributed by atoms with Gasteiger partial charge in [-0.2, -0.15) is 5.10 Å². The van der Waals surface area contributed by atoms with Crippen molar-refractivity contribution in [2.24, 2.45) is 0 Å². The molecule has 1 aliphatic rings. The summed E-state index contributed by atoms with van der Waals surface area (Å²) in [5, 5.41) is 7.80. The summed E-state index contributed by atoms with van der Waals surface area (Å²) < 4.78 is 25.1. The topological polar surface area (TPSA) is 93.9 Å². The number of carbonyl (C=O) groups excluding carboxylic acids is 1. The van der Waals surface area contributed by atoms with E-state index in [-0.39, 0.29) is 23.5 Å². The van der Waals surface area contributed by atoms with Gasteiger partial charge in [0.15, 0.2) is 15.0 Å². The smallest absolute Gasteiger partial charge is 0.261 e. The van der Waals surface area contributed by atoms with Crippen LogP contribution in [0.1, 0.15) is 44.8 Å². The highest BCUT2D eigenvalue weighted by atomic mass is 32.2. The molecule has 1 amide bonds. The number of anilines is 1. The van der Waals surface area contributed by atoms with Gasteiger partial charge in [0.2, 0.25) is 0 Å². The maximum Gasteiger partial charge on any atom is 0.261 e. The average Bonchev–Trinajstić information content (AvgIpc) is 3.07. The molecule has 24 heavy (non-hydrogen) atoms. The standard InChI is InChI=1S/C15H20N4O3S2/c1-8-11(4)23-15(16-8)17-14(20)13-9(2)18-19(10(13)3)12-5-6-24(21,22)7-12/h12H,5-7H2,1-4H3,(H,16,17,20). The summed E-state index contributed by atoms with van der Waals surface area (Å²) in [5.41, 5.74) is 2.68. The number of sulfone groups is 1. The first kappa shape index (κ1) is 17.1. The van der Waals surface area contributed by atoms with Gasteiger partial charge in [0.25, 0.3) is 5.91 Å². The molecule has 1 N–H and O–H groups in total. The van der Waals surface area contributed by atoms with Crippen LogP contribution in [-0.2, 0) is 9.84 Å². The van der Waals surface area contributed by atoms with E-state index in [9.17, 15) is 13.2 Å². The minimum Gasteiger partial charge on any atom is -0.298 e. The van der Waals surface area contributed by atoms with Crippen molar-refractivity contribution in [3.63, 3.8) is 0 Å². The SMILES string of the molecule is Cc1nc(NC(=O)c2c(C)nn(C3CCS(=O)(=O)C3)c2C)sc1C. The van der Waals surface area contributed by atoms with Gasteiger partial charge in [0.1, 0.15) is 0 Å². The summed E-state index contributed by atoms with van der Waals surface area (Å²) in [4.78, 5) is 18.0. The van der Waals surface area contributed by atoms with E-state index < -0.39 is 9.84 Å². The fourth-order valence-corrected chi connectivity index (χ4v) is 5.50. The zero-order chi connectivity index (χ0) is 17.6. The molecule has 0 bridgehead atoms. The van der Waals surface area contributed by atoms with Crippen molar-refractivity contribution < 1.29 is 13.2 Å². The van der Waals surface area contributed by atoms with E-state index in [4.69, 9.17) is 0 Å². The number of aryl methyl sites for hydroxylation is 3. The zero-order valence-electron chi connectivity index (χ0n) is 14.1. The number of nitrogens with one attached hydrogen (secondary N) is 1. The minimum absolute atomic E-state index is 0.0842. The third-order valence-electron chi connectivity index (χ3n) is 4.36. The molecule has 1 saturated heterocycles. The van der Waals surface area contributed by atoms with Gasteiger partial charge in [0.05, 0.1) is 34.5 Å². The molecule has 130 valence electrons. The van der Waals surface area contributed by atoms with Crippen LogP contribution in [0.15, 0.2) is 0 Å². The normalized spacial score (nSPS) is 19.6. The Morgan fingerprint density at radius 1 is 1.25 bits per heavy atom. The average molecular weight is 368 g/mol. The highest BCUT2D eigenvalue weighted by Crippen LogP contribution is 2.28. The molecule has 1 atom stereocenters. The van der Waals surface area contributed by atoms with E-state index in [1.54, 1.807) is 18.5 Å². The Morgan fingerprint density at radius 3 is 2.50 bits per heavy atom. The predicted molar refractivity (Wildman–Crippen MR) is 93.6 cm³/mol. The van der Waals surface area contributed by atoms with E-state index in [1.165, 1.54) is 11.3 Å². The molecular formula is C15H20N4O3S2. The number of carbonyl (C=O) groups is 1. The molecule has 2 aromatic rings. The monoisotopic (exact) mass is 368 g/mol. The van der Waals surface area contributed by atoms with Gasteiger partial charge in [-0.05, 0) is 34.1 Å². The van der Waals surface area contributed by atoms with Crippen molar-refractivity contribution in [1.29, 1.82) is 0 Å². The van der Waals surface area contributed by atoms with E-state index in [0.717, 1.165) is 10.6 Å². The fraction of sp³-hybridized carbons (Fsp3) is 0.533. The molecule has 1 unspecified atom stereocenters. The number of nitrogens with zero attached hydrogens (tertiary/aromatic N) is 3. The van der Waals surface area contributed by atoms with Gasteiger partial charge in [-0.25, -0.2) is 13.4 Å². The lowest BCUT2D eigenvalue weighted by atomic mass is 10.1. The van der Waals surface area contributed by atoms with Crippen LogP contribution < -0.4 is 5.32 Å². The van der Waals surface area contributed by atoms with Crippen molar-refractivity contribution >= 4 is 32.2 Å². The van der Waals surface area contributed by atoms with Gasteiger partial charge < -0.3 is 0 Å². The van der Waals surface area contributed by atoms with Crippen LogP contribution in [0.5, 0.6) is 0 Å². The summed E-state index contributed by atoms with van der Waals surface area (Å²) >= 11 is 1.43. The van der Waals surface area contributed by atoms with Crippen LogP contribution in [0.3, 0.4) is 0 Å². The molecule has 9 heteroatoms. The lowest BCUT2D eigenvalue weighted by Gasteiger charge is -2.11. The first-order valence-corrected chi connectivity index (χ1v) is 10.3. The van der Waals surface area contributed by atoms with Gasteiger partial charge in [-0.15, -0.1) is 11.3 Å². The van der Waals surface area contributed by atoms with Crippen LogP contribution in [0.2, 0.25) is 0 Å². The Hall–Kier alpha value is -1.74. The van der Waals surface area contributed by atoms with Crippen molar-refractivity contribution in [2.45, 2.75) is 40.2 Å². The second-order valence-electron chi connectivity index (χ2n) is 6.16. The van der Waals surface area contributed by atoms with Crippen LogP contribution in [-0.4, -0.2) is 40.6 Å². The Bertz CT molecular complexity index is 892. The second-order valence-corrected chi connectivity index (χ2v) is 9.59. The molecule has 0 aromatic carbocycles. The molecular weight excluding hydrogens is 348 g/mol. The van der Waals surface area contributed by atoms with Crippen molar-refractivity contribution in [2.75, 3.05) is 16.8 Å². The summed E-state index contributed by atoms with van der Waals surface area (Å²) in [6.07, 6.45) is 0.538. The lowest BCUT2D eigenvalue weighted by molar-refractivity contribution is 0.102. The van der Waals surface area contributed by atoms with E-state index in [2.05, 4.69) is 15.4 Å². The van der Waals surface area contributed by atoms with Gasteiger partial charge in [-0.3, -0.25) is 14.8 Å². The Kier molecular flexibility index (Phi) is 4.25. The Labute approximate surface area is 145 Å². The molecule has 7 nitrogen and oxygen atoms in total. The van der Waals surface area contributed by atoms with Crippen LogP contribution in [0.25, 0.3) is 0 Å². The van der Waals surface area contributed by atoms with Crippen LogP contribution in [0.4, 0.5) is 5.13 Å². The Balaban J connectivity index is 1.87. The maximum atomic E-state index is 12.6. The summed E-state index contributed by atoms with van der Waals surface area (Å²) in [6.45, 7) is 7.42. The third-order valence-corrected chi connectivity index (χ3v) is 7.09. The van der Waals surface area contributed by atoms with Crippen LogP contribution in [0, 0.1) is 27.7 Å². The van der Waals surface area contributed by atoms with Gasteiger partial charge in [-0.1, -0.05) is 0 Å². The molecule has 0 saturated carbocycles. The first-order chi connectivity index (χ1) is 11.2. The largest absolute Gasteiger partial charge is 0.298 e. The molecule has 3 rings (SSSR count). The number of thiazole rings is 1. The van der Waals surface area contributed by atoms with E-state index in [1.807, 2.05) is 13.8 Å². The summed E-state index contributed by atoms with van der Waals surface area (Å²) in [6, 6.07) is -0.195. The fourth-order valence-electron chi connectivity index (χ4n) is 3.00. The highest BCUT2D eigenvalue weighted by Gasteiger charge is 2.32. The number of hydrogen-bond acceptors (Lipinski definition) is 6. The highest BCUT2D eigenvalue weighted by molar-refractivity contribution is 7.91. The minimum atomic E-state index is -3.00. The third kappa shape index (κ3) is 3.10. The summed E-state index contributed by atoms with van der Waals surface area (Å²) in [5.74, 6) is 0.00155. The number of amides is 1. The number of aromatic nitrogens is 3. The summed E-state index contributed by atoms with van der Waals surface area (Å²) in [7, 11) is -3.00. The molecule has 0 radical (unpaired) electrons. The van der Waals surface area contributed by atoms with Crippen molar-refractivity contribution in [3.8, 4) is 0 Å². The molecule has 0 aliphatic carbocycles. The van der Waals surface area contributed by atoms with E-state index in [0.29, 0.717) is 28.5 Å². The number of rotatable bonds is 3. The maximum absolute atomic E-state index is 12.6. The van der Waals surface area contributed by atoms with Crippen molar-refractivity contribution in [1.82, 2.24) is 14.8 Å².